The van der Waals surface area contributed by atoms with Crippen molar-refractivity contribution in [1.29, 1.82) is 0 Å². The molecule has 5 heteroatoms. The molecular formula is C17H26N2O3. The summed E-state index contributed by atoms with van der Waals surface area (Å²) in [4.78, 5) is 13.9. The van der Waals surface area contributed by atoms with Crippen molar-refractivity contribution in [2.24, 2.45) is 0 Å². The van der Waals surface area contributed by atoms with E-state index >= 15 is 0 Å². The van der Waals surface area contributed by atoms with Crippen LogP contribution in [0.2, 0.25) is 0 Å². The Kier molecular flexibility index (Phi) is 5.66. The van der Waals surface area contributed by atoms with Gasteiger partial charge in [0.1, 0.15) is 5.75 Å². The molecule has 22 heavy (non-hydrogen) atoms. The largest absolute Gasteiger partial charge is 0.491 e. The summed E-state index contributed by atoms with van der Waals surface area (Å²) in [5, 5.41) is 12.6. The fraction of sp³-hybridized carbons (Fsp3) is 0.588. The molecule has 0 spiro atoms. The number of amides is 2. The second kappa shape index (κ2) is 7.49. The summed E-state index contributed by atoms with van der Waals surface area (Å²) >= 11 is 0. The van der Waals surface area contributed by atoms with Crippen molar-refractivity contribution in [2.75, 3.05) is 13.1 Å². The lowest BCUT2D eigenvalue weighted by Crippen LogP contribution is -2.46. The third-order valence-corrected chi connectivity index (χ3v) is 3.70. The molecule has 1 heterocycles. The maximum atomic E-state index is 12.2. The van der Waals surface area contributed by atoms with Crippen LogP contribution in [0.25, 0.3) is 0 Å². The SMILES string of the molecule is Cc1ccc(CNC(=O)N2CCCC(O)C2)c(OC(C)C)c1. The molecule has 1 unspecified atom stereocenters. The molecule has 2 rings (SSSR count). The standard InChI is InChI=1S/C17H26N2O3/c1-12(2)22-16-9-13(3)6-7-14(16)10-18-17(21)19-8-4-5-15(20)11-19/h6-7,9,12,15,20H,4-5,8,10-11H2,1-3H3,(H,18,21). The van der Waals surface area contributed by atoms with Crippen molar-refractivity contribution >= 4 is 6.03 Å². The van der Waals surface area contributed by atoms with E-state index in [1.165, 1.54) is 0 Å². The van der Waals surface area contributed by atoms with Crippen molar-refractivity contribution in [3.05, 3.63) is 29.3 Å². The molecule has 1 aromatic carbocycles. The maximum Gasteiger partial charge on any atom is 0.317 e. The molecule has 1 atom stereocenters. The number of aliphatic hydroxyl groups is 1. The number of hydrogen-bond acceptors (Lipinski definition) is 3. The van der Waals surface area contributed by atoms with Crippen molar-refractivity contribution in [1.82, 2.24) is 10.2 Å². The molecule has 2 N–H and O–H groups in total. The number of carbonyl (C=O) groups is 1. The summed E-state index contributed by atoms with van der Waals surface area (Å²) in [7, 11) is 0. The lowest BCUT2D eigenvalue weighted by Gasteiger charge is -2.30. The van der Waals surface area contributed by atoms with Crippen LogP contribution in [0.3, 0.4) is 0 Å². The molecule has 5 nitrogen and oxygen atoms in total. The topological polar surface area (TPSA) is 61.8 Å². The maximum absolute atomic E-state index is 12.2. The first-order valence-electron chi connectivity index (χ1n) is 7.92. The third-order valence-electron chi connectivity index (χ3n) is 3.70. The lowest BCUT2D eigenvalue weighted by atomic mass is 10.1. The van der Waals surface area contributed by atoms with E-state index in [-0.39, 0.29) is 12.1 Å². The number of aliphatic hydroxyl groups excluding tert-OH is 1. The summed E-state index contributed by atoms with van der Waals surface area (Å²) < 4.78 is 5.82. The Morgan fingerprint density at radius 3 is 2.95 bits per heavy atom. The number of urea groups is 1. The number of aryl methyl sites for hydroxylation is 1. The van der Waals surface area contributed by atoms with Gasteiger partial charge >= 0.3 is 6.03 Å². The monoisotopic (exact) mass is 306 g/mol. The molecule has 1 fully saturated rings. The minimum Gasteiger partial charge on any atom is -0.491 e. The first kappa shape index (κ1) is 16.6. The molecule has 0 bridgehead atoms. The molecular weight excluding hydrogens is 280 g/mol. The molecule has 0 aliphatic carbocycles. The zero-order valence-electron chi connectivity index (χ0n) is 13.6. The minimum absolute atomic E-state index is 0.0912. The Morgan fingerprint density at radius 1 is 1.50 bits per heavy atom. The van der Waals surface area contributed by atoms with Gasteiger partial charge in [-0.15, -0.1) is 0 Å². The second-order valence-corrected chi connectivity index (χ2v) is 6.18. The molecule has 1 saturated heterocycles. The Hall–Kier alpha value is -1.75. The van der Waals surface area contributed by atoms with Gasteiger partial charge in [-0.25, -0.2) is 4.79 Å². The van der Waals surface area contributed by atoms with Gasteiger partial charge in [0.25, 0.3) is 0 Å². The van der Waals surface area contributed by atoms with E-state index in [0.717, 1.165) is 29.7 Å². The van der Waals surface area contributed by atoms with E-state index in [2.05, 4.69) is 5.32 Å². The highest BCUT2D eigenvalue weighted by Gasteiger charge is 2.21. The molecule has 0 radical (unpaired) electrons. The van der Waals surface area contributed by atoms with Gasteiger partial charge in [-0.3, -0.25) is 0 Å². The number of piperidine rings is 1. The highest BCUT2D eigenvalue weighted by molar-refractivity contribution is 5.74. The zero-order chi connectivity index (χ0) is 16.1. The summed E-state index contributed by atoms with van der Waals surface area (Å²) in [6.07, 6.45) is 1.31. The quantitative estimate of drug-likeness (QED) is 0.898. The van der Waals surface area contributed by atoms with E-state index in [1.54, 1.807) is 4.90 Å². The van der Waals surface area contributed by atoms with E-state index in [9.17, 15) is 9.90 Å². The van der Waals surface area contributed by atoms with Crippen LogP contribution < -0.4 is 10.1 Å². The van der Waals surface area contributed by atoms with E-state index in [4.69, 9.17) is 4.74 Å². The first-order chi connectivity index (χ1) is 10.5. The van der Waals surface area contributed by atoms with Crippen molar-refractivity contribution in [3.63, 3.8) is 0 Å². The van der Waals surface area contributed by atoms with E-state index in [1.807, 2.05) is 39.0 Å². The average molecular weight is 306 g/mol. The number of hydrogen-bond donors (Lipinski definition) is 2. The lowest BCUT2D eigenvalue weighted by molar-refractivity contribution is 0.0841. The van der Waals surface area contributed by atoms with Gasteiger partial charge in [-0.05, 0) is 45.2 Å². The van der Waals surface area contributed by atoms with Crippen LogP contribution in [0.15, 0.2) is 18.2 Å². The normalized spacial score (nSPS) is 18.4. The van der Waals surface area contributed by atoms with Crippen LogP contribution in [0.1, 0.15) is 37.8 Å². The number of ether oxygens (including phenoxy) is 1. The first-order valence-corrected chi connectivity index (χ1v) is 7.92. The summed E-state index contributed by atoms with van der Waals surface area (Å²) in [6.45, 7) is 7.53. The van der Waals surface area contributed by atoms with E-state index in [0.29, 0.717) is 19.6 Å². The van der Waals surface area contributed by atoms with Crippen LogP contribution in [0, 0.1) is 6.92 Å². The van der Waals surface area contributed by atoms with Crippen molar-refractivity contribution in [3.8, 4) is 5.75 Å². The Bertz CT molecular complexity index is 517. The fourth-order valence-corrected chi connectivity index (χ4v) is 2.59. The van der Waals surface area contributed by atoms with Gasteiger partial charge in [-0.1, -0.05) is 12.1 Å². The van der Waals surface area contributed by atoms with Crippen LogP contribution in [0.4, 0.5) is 4.79 Å². The number of rotatable bonds is 4. The Morgan fingerprint density at radius 2 is 2.27 bits per heavy atom. The zero-order valence-corrected chi connectivity index (χ0v) is 13.6. The number of benzene rings is 1. The van der Waals surface area contributed by atoms with Gasteiger partial charge in [0.05, 0.1) is 12.2 Å². The van der Waals surface area contributed by atoms with Crippen molar-refractivity contribution in [2.45, 2.75) is 52.4 Å². The number of nitrogens with zero attached hydrogens (tertiary/aromatic N) is 1. The fourth-order valence-electron chi connectivity index (χ4n) is 2.59. The summed E-state index contributed by atoms with van der Waals surface area (Å²) in [6, 6.07) is 5.86. The van der Waals surface area contributed by atoms with Gasteiger partial charge < -0.3 is 20.1 Å². The smallest absolute Gasteiger partial charge is 0.317 e. The Labute approximate surface area is 132 Å². The van der Waals surface area contributed by atoms with E-state index < -0.39 is 6.10 Å². The molecule has 122 valence electrons. The average Bonchev–Trinajstić information content (AvgIpc) is 2.45. The Balaban J connectivity index is 1.97. The molecule has 1 aromatic rings. The number of β-amino-alcohol motifs (C(OH)–C–C–N with tert-alkyl or cyclic N) is 1. The molecule has 2 amide bonds. The highest BCUT2D eigenvalue weighted by Crippen LogP contribution is 2.21. The van der Waals surface area contributed by atoms with Gasteiger partial charge in [-0.2, -0.15) is 0 Å². The van der Waals surface area contributed by atoms with Gasteiger partial charge in [0, 0.05) is 25.2 Å². The van der Waals surface area contributed by atoms with Crippen LogP contribution in [0.5, 0.6) is 5.75 Å². The van der Waals surface area contributed by atoms with Crippen LogP contribution in [-0.2, 0) is 6.54 Å². The number of likely N-dealkylation sites (tertiary alicyclic amines) is 1. The minimum atomic E-state index is -0.404. The van der Waals surface area contributed by atoms with Crippen LogP contribution in [-0.4, -0.2) is 41.3 Å². The second-order valence-electron chi connectivity index (χ2n) is 6.18. The summed E-state index contributed by atoms with van der Waals surface area (Å²) in [5.74, 6) is 0.814. The third kappa shape index (κ3) is 4.63. The number of carbonyl (C=O) groups excluding carboxylic acids is 1. The predicted octanol–water partition coefficient (Wildman–Crippen LogP) is 2.45. The van der Waals surface area contributed by atoms with Gasteiger partial charge in [0.15, 0.2) is 0 Å². The summed E-state index contributed by atoms with van der Waals surface area (Å²) in [5.41, 5.74) is 2.09. The van der Waals surface area contributed by atoms with Crippen LogP contribution >= 0.6 is 0 Å². The molecule has 1 aliphatic rings. The number of nitrogens with one attached hydrogen (secondary N) is 1. The van der Waals surface area contributed by atoms with Gasteiger partial charge in [0.2, 0.25) is 0 Å². The predicted molar refractivity (Wildman–Crippen MR) is 86.0 cm³/mol. The molecule has 0 aromatic heterocycles. The molecule has 0 saturated carbocycles. The molecule has 1 aliphatic heterocycles. The highest BCUT2D eigenvalue weighted by atomic mass is 16.5. The van der Waals surface area contributed by atoms with Crippen molar-refractivity contribution < 1.29 is 14.6 Å².